The molecule has 1 N–H and O–H groups in total. The number of methoxy groups -OCH3 is 2. The van der Waals surface area contributed by atoms with Crippen LogP contribution in [-0.2, 0) is 0 Å². The van der Waals surface area contributed by atoms with Gasteiger partial charge in [-0.3, -0.25) is 9.78 Å². The summed E-state index contributed by atoms with van der Waals surface area (Å²) in [6.07, 6.45) is 1.72. The summed E-state index contributed by atoms with van der Waals surface area (Å²) in [5, 5.41) is 3.08. The van der Waals surface area contributed by atoms with E-state index >= 15 is 0 Å². The fourth-order valence-corrected chi connectivity index (χ4v) is 2.95. The van der Waals surface area contributed by atoms with Crippen LogP contribution in [0.4, 0.5) is 0 Å². The second-order valence-corrected chi connectivity index (χ2v) is 6.08. The van der Waals surface area contributed by atoms with Crippen molar-refractivity contribution in [3.63, 3.8) is 0 Å². The second kappa shape index (κ2) is 8.36. The Hall–Kier alpha value is -3.34. The van der Waals surface area contributed by atoms with Crippen LogP contribution in [0, 0.1) is 6.92 Å². The molecule has 3 aromatic rings. The molecule has 0 radical (unpaired) electrons. The first kappa shape index (κ1) is 18.5. The van der Waals surface area contributed by atoms with Crippen LogP contribution in [0.2, 0.25) is 0 Å². The number of ether oxygens (including phenoxy) is 2. The maximum absolute atomic E-state index is 13.0. The highest BCUT2D eigenvalue weighted by molar-refractivity contribution is 5.95. The highest BCUT2D eigenvalue weighted by Gasteiger charge is 2.20. The van der Waals surface area contributed by atoms with E-state index in [4.69, 9.17) is 9.47 Å². The summed E-state index contributed by atoms with van der Waals surface area (Å²) in [7, 11) is 3.15. The van der Waals surface area contributed by atoms with E-state index < -0.39 is 0 Å². The van der Waals surface area contributed by atoms with Gasteiger partial charge in [0.1, 0.15) is 11.5 Å². The van der Waals surface area contributed by atoms with Crippen LogP contribution in [0.5, 0.6) is 11.5 Å². The Balaban J connectivity index is 1.96. The molecule has 0 aliphatic rings. The van der Waals surface area contributed by atoms with Gasteiger partial charge in [-0.25, -0.2) is 0 Å². The average Bonchev–Trinajstić information content (AvgIpc) is 2.73. The topological polar surface area (TPSA) is 60.5 Å². The zero-order valence-corrected chi connectivity index (χ0v) is 15.6. The molecule has 0 aliphatic heterocycles. The lowest BCUT2D eigenvalue weighted by molar-refractivity contribution is 0.0941. The third-order valence-electron chi connectivity index (χ3n) is 4.41. The van der Waals surface area contributed by atoms with Gasteiger partial charge in [0.15, 0.2) is 0 Å². The lowest BCUT2D eigenvalue weighted by Crippen LogP contribution is -2.30. The van der Waals surface area contributed by atoms with Crippen molar-refractivity contribution in [3.8, 4) is 11.5 Å². The number of nitrogens with zero attached hydrogens (tertiary/aromatic N) is 1. The monoisotopic (exact) mass is 362 g/mol. The van der Waals surface area contributed by atoms with Gasteiger partial charge in [0.2, 0.25) is 0 Å². The highest BCUT2D eigenvalue weighted by atomic mass is 16.5. The van der Waals surface area contributed by atoms with Crippen molar-refractivity contribution in [3.05, 3.63) is 89.2 Å². The van der Waals surface area contributed by atoms with Gasteiger partial charge >= 0.3 is 0 Å². The number of carbonyl (C=O) groups excluding carboxylic acids is 1. The molecule has 0 bridgehead atoms. The van der Waals surface area contributed by atoms with E-state index in [0.29, 0.717) is 17.1 Å². The molecule has 5 heteroatoms. The van der Waals surface area contributed by atoms with Crippen molar-refractivity contribution in [2.45, 2.75) is 13.0 Å². The SMILES string of the molecule is COc1cc(C(=O)NC(c2ccccc2)c2ccccn2)cc(OC)c1C. The maximum atomic E-state index is 13.0. The van der Waals surface area contributed by atoms with Crippen molar-refractivity contribution >= 4 is 5.91 Å². The molecule has 5 nitrogen and oxygen atoms in total. The summed E-state index contributed by atoms with van der Waals surface area (Å²) < 4.78 is 10.8. The predicted molar refractivity (Wildman–Crippen MR) is 104 cm³/mol. The fourth-order valence-electron chi connectivity index (χ4n) is 2.95. The number of hydrogen-bond acceptors (Lipinski definition) is 4. The Morgan fingerprint density at radius 2 is 1.59 bits per heavy atom. The normalized spacial score (nSPS) is 11.5. The minimum Gasteiger partial charge on any atom is -0.496 e. The number of pyridine rings is 1. The maximum Gasteiger partial charge on any atom is 0.252 e. The van der Waals surface area contributed by atoms with Crippen molar-refractivity contribution in [1.82, 2.24) is 10.3 Å². The van der Waals surface area contributed by atoms with Gasteiger partial charge in [0.25, 0.3) is 5.91 Å². The molecule has 27 heavy (non-hydrogen) atoms. The lowest BCUT2D eigenvalue weighted by atomic mass is 10.0. The summed E-state index contributed by atoms with van der Waals surface area (Å²) in [5.41, 5.74) is 3.03. The van der Waals surface area contributed by atoms with Crippen LogP contribution in [0.25, 0.3) is 0 Å². The van der Waals surface area contributed by atoms with Gasteiger partial charge in [-0.05, 0) is 36.8 Å². The van der Waals surface area contributed by atoms with Crippen molar-refractivity contribution in [2.24, 2.45) is 0 Å². The molecule has 0 spiro atoms. The highest BCUT2D eigenvalue weighted by Crippen LogP contribution is 2.30. The summed E-state index contributed by atoms with van der Waals surface area (Å²) in [5.74, 6) is 0.980. The fraction of sp³-hybridized carbons (Fsp3) is 0.182. The van der Waals surface area contributed by atoms with Gasteiger partial charge in [0, 0.05) is 17.3 Å². The summed E-state index contributed by atoms with van der Waals surface area (Å²) >= 11 is 0. The van der Waals surface area contributed by atoms with Crippen LogP contribution >= 0.6 is 0 Å². The third-order valence-corrected chi connectivity index (χ3v) is 4.41. The Bertz CT molecular complexity index is 847. The van der Waals surface area contributed by atoms with Gasteiger partial charge in [0.05, 0.1) is 26.0 Å². The number of nitrogens with one attached hydrogen (secondary N) is 1. The first-order valence-corrected chi connectivity index (χ1v) is 8.63. The number of amides is 1. The lowest BCUT2D eigenvalue weighted by Gasteiger charge is -2.20. The molecule has 0 saturated heterocycles. The van der Waals surface area contributed by atoms with E-state index in [1.54, 1.807) is 32.5 Å². The van der Waals surface area contributed by atoms with Gasteiger partial charge in [-0.1, -0.05) is 36.4 Å². The Labute approximate surface area is 159 Å². The quantitative estimate of drug-likeness (QED) is 0.722. The summed E-state index contributed by atoms with van der Waals surface area (Å²) in [6.45, 7) is 1.89. The largest absolute Gasteiger partial charge is 0.496 e. The van der Waals surface area contributed by atoms with Crippen LogP contribution in [0.3, 0.4) is 0 Å². The molecule has 1 aromatic heterocycles. The third kappa shape index (κ3) is 4.08. The molecule has 138 valence electrons. The van der Waals surface area contributed by atoms with Crippen LogP contribution in [0.15, 0.2) is 66.9 Å². The van der Waals surface area contributed by atoms with E-state index in [2.05, 4.69) is 10.3 Å². The number of carbonyl (C=O) groups is 1. The van der Waals surface area contributed by atoms with E-state index in [0.717, 1.165) is 16.8 Å². The Kier molecular flexibility index (Phi) is 5.71. The molecular weight excluding hydrogens is 340 g/mol. The second-order valence-electron chi connectivity index (χ2n) is 6.08. The van der Waals surface area contributed by atoms with E-state index in [1.807, 2.05) is 55.5 Å². The van der Waals surface area contributed by atoms with Crippen LogP contribution < -0.4 is 14.8 Å². The Morgan fingerprint density at radius 1 is 0.963 bits per heavy atom. The van der Waals surface area contributed by atoms with E-state index in [-0.39, 0.29) is 11.9 Å². The van der Waals surface area contributed by atoms with Crippen molar-refractivity contribution in [2.75, 3.05) is 14.2 Å². The molecule has 1 atom stereocenters. The molecule has 3 rings (SSSR count). The Morgan fingerprint density at radius 3 is 2.15 bits per heavy atom. The molecule has 1 unspecified atom stereocenters. The number of rotatable bonds is 6. The van der Waals surface area contributed by atoms with E-state index in [1.165, 1.54) is 0 Å². The molecule has 1 amide bonds. The number of hydrogen-bond donors (Lipinski definition) is 1. The predicted octanol–water partition coefficient (Wildman–Crippen LogP) is 3.93. The number of benzene rings is 2. The zero-order chi connectivity index (χ0) is 19.2. The van der Waals surface area contributed by atoms with Gasteiger partial charge < -0.3 is 14.8 Å². The van der Waals surface area contributed by atoms with Crippen molar-refractivity contribution in [1.29, 1.82) is 0 Å². The summed E-state index contributed by atoms with van der Waals surface area (Å²) in [4.78, 5) is 17.4. The van der Waals surface area contributed by atoms with Gasteiger partial charge in [-0.2, -0.15) is 0 Å². The van der Waals surface area contributed by atoms with Crippen LogP contribution in [-0.4, -0.2) is 25.1 Å². The smallest absolute Gasteiger partial charge is 0.252 e. The zero-order valence-electron chi connectivity index (χ0n) is 15.6. The minimum atomic E-state index is -0.363. The molecule has 2 aromatic carbocycles. The standard InChI is InChI=1S/C22H22N2O3/c1-15-19(26-2)13-17(14-20(15)27-3)22(25)24-21(16-9-5-4-6-10-16)18-11-7-8-12-23-18/h4-14,21H,1-3H3,(H,24,25). The average molecular weight is 362 g/mol. The van der Waals surface area contributed by atoms with E-state index in [9.17, 15) is 4.79 Å². The van der Waals surface area contributed by atoms with Crippen molar-refractivity contribution < 1.29 is 14.3 Å². The first-order chi connectivity index (χ1) is 13.1. The molecule has 0 fully saturated rings. The first-order valence-electron chi connectivity index (χ1n) is 8.63. The minimum absolute atomic E-state index is 0.230. The summed E-state index contributed by atoms with van der Waals surface area (Å²) in [6, 6.07) is 18.5. The molecule has 0 saturated carbocycles. The molecule has 0 aliphatic carbocycles. The molecular formula is C22H22N2O3. The number of aromatic nitrogens is 1. The van der Waals surface area contributed by atoms with Crippen LogP contribution in [0.1, 0.15) is 33.2 Å². The van der Waals surface area contributed by atoms with Gasteiger partial charge in [-0.15, -0.1) is 0 Å². The molecule has 1 heterocycles.